The summed E-state index contributed by atoms with van der Waals surface area (Å²) in [5, 5.41) is 4.10. The molecule has 2 N–H and O–H groups in total. The second kappa shape index (κ2) is 4.34. The van der Waals surface area contributed by atoms with Crippen molar-refractivity contribution in [3.63, 3.8) is 0 Å². The van der Waals surface area contributed by atoms with E-state index in [-0.39, 0.29) is 6.04 Å². The van der Waals surface area contributed by atoms with Crippen molar-refractivity contribution in [1.29, 1.82) is 0 Å². The van der Waals surface area contributed by atoms with Crippen molar-refractivity contribution < 1.29 is 4.52 Å². The molecule has 0 amide bonds. The lowest BCUT2D eigenvalue weighted by Gasteiger charge is -2.07. The highest BCUT2D eigenvalue weighted by Gasteiger charge is 2.13. The fourth-order valence-electron chi connectivity index (χ4n) is 2.21. The molecule has 1 aromatic carbocycles. The number of nitrogens with zero attached hydrogens (tertiary/aromatic N) is 1. The van der Waals surface area contributed by atoms with Gasteiger partial charge < -0.3 is 10.3 Å². The van der Waals surface area contributed by atoms with Crippen molar-refractivity contribution in [2.75, 3.05) is 0 Å². The highest BCUT2D eigenvalue weighted by Crippen LogP contribution is 2.28. The Kier molecular flexibility index (Phi) is 3.03. The predicted molar refractivity (Wildman–Crippen MR) is 68.8 cm³/mol. The van der Waals surface area contributed by atoms with Gasteiger partial charge in [-0.2, -0.15) is 0 Å². The largest absolute Gasteiger partial charge is 0.359 e. The van der Waals surface area contributed by atoms with Crippen LogP contribution in [0.3, 0.4) is 0 Å². The smallest absolute Gasteiger partial charge is 0.153 e. The van der Waals surface area contributed by atoms with Crippen LogP contribution in [-0.4, -0.2) is 5.16 Å². The van der Waals surface area contributed by atoms with Crippen molar-refractivity contribution in [1.82, 2.24) is 5.16 Å². The molecule has 1 heterocycles. The second-order valence-electron chi connectivity index (χ2n) is 4.68. The van der Waals surface area contributed by atoms with E-state index in [0.717, 1.165) is 17.0 Å². The van der Waals surface area contributed by atoms with Crippen LogP contribution in [0, 0.1) is 20.8 Å². The van der Waals surface area contributed by atoms with Gasteiger partial charge in [-0.15, -0.1) is 0 Å². The molecule has 0 radical (unpaired) electrons. The molecule has 0 bridgehead atoms. The van der Waals surface area contributed by atoms with Gasteiger partial charge in [-0.3, -0.25) is 0 Å². The third-order valence-electron chi connectivity index (χ3n) is 2.91. The predicted octanol–water partition coefficient (Wildman–Crippen LogP) is 3.29. The zero-order chi connectivity index (χ0) is 12.6. The van der Waals surface area contributed by atoms with Crippen molar-refractivity contribution in [3.8, 4) is 11.3 Å². The Morgan fingerprint density at radius 3 is 2.18 bits per heavy atom. The summed E-state index contributed by atoms with van der Waals surface area (Å²) in [5.74, 6) is 0.722. The fraction of sp³-hybridized carbons (Fsp3) is 0.357. The molecule has 0 spiro atoms. The maximum absolute atomic E-state index is 5.77. The highest BCUT2D eigenvalue weighted by atomic mass is 16.5. The summed E-state index contributed by atoms with van der Waals surface area (Å²) >= 11 is 0. The first kappa shape index (κ1) is 11.9. The van der Waals surface area contributed by atoms with E-state index in [1.807, 2.05) is 13.0 Å². The molecule has 0 saturated heterocycles. The lowest BCUT2D eigenvalue weighted by atomic mass is 9.97. The lowest BCUT2D eigenvalue weighted by Crippen LogP contribution is -2.02. The van der Waals surface area contributed by atoms with E-state index < -0.39 is 0 Å². The van der Waals surface area contributed by atoms with Gasteiger partial charge in [0.25, 0.3) is 0 Å². The fourth-order valence-corrected chi connectivity index (χ4v) is 2.21. The molecule has 0 aliphatic carbocycles. The van der Waals surface area contributed by atoms with Crippen LogP contribution in [0.25, 0.3) is 11.3 Å². The van der Waals surface area contributed by atoms with Crippen LogP contribution in [0.1, 0.15) is 35.4 Å². The molecule has 1 unspecified atom stereocenters. The van der Waals surface area contributed by atoms with E-state index >= 15 is 0 Å². The first-order valence-electron chi connectivity index (χ1n) is 5.79. The van der Waals surface area contributed by atoms with E-state index in [9.17, 15) is 0 Å². The van der Waals surface area contributed by atoms with E-state index in [0.29, 0.717) is 0 Å². The summed E-state index contributed by atoms with van der Waals surface area (Å²) in [7, 11) is 0. The zero-order valence-corrected chi connectivity index (χ0v) is 10.7. The molecule has 1 aromatic heterocycles. The number of hydrogen-bond donors (Lipinski definition) is 1. The average molecular weight is 230 g/mol. The van der Waals surface area contributed by atoms with Crippen LogP contribution >= 0.6 is 0 Å². The van der Waals surface area contributed by atoms with Gasteiger partial charge in [-0.25, -0.2) is 0 Å². The van der Waals surface area contributed by atoms with E-state index in [2.05, 4.69) is 38.1 Å². The van der Waals surface area contributed by atoms with Crippen LogP contribution in [0.2, 0.25) is 0 Å². The quantitative estimate of drug-likeness (QED) is 0.861. The molecular formula is C14H18N2O. The summed E-state index contributed by atoms with van der Waals surface area (Å²) in [6, 6.07) is 6.11. The first-order valence-corrected chi connectivity index (χ1v) is 5.79. The van der Waals surface area contributed by atoms with Crippen LogP contribution in [0.5, 0.6) is 0 Å². The Bertz CT molecular complexity index is 518. The number of hydrogen-bond acceptors (Lipinski definition) is 3. The molecule has 2 rings (SSSR count). The summed E-state index contributed by atoms with van der Waals surface area (Å²) in [6.45, 7) is 8.17. The average Bonchev–Trinajstić information content (AvgIpc) is 2.65. The number of nitrogens with two attached hydrogens (primary N) is 1. The maximum Gasteiger partial charge on any atom is 0.153 e. The molecule has 3 nitrogen and oxygen atoms in total. The van der Waals surface area contributed by atoms with Gasteiger partial charge in [-0.1, -0.05) is 22.9 Å². The minimum atomic E-state index is -0.123. The van der Waals surface area contributed by atoms with Crippen LogP contribution < -0.4 is 5.73 Å². The Morgan fingerprint density at radius 1 is 1.12 bits per heavy atom. The minimum absolute atomic E-state index is 0.123. The maximum atomic E-state index is 5.77. The van der Waals surface area contributed by atoms with Gasteiger partial charge in [0, 0.05) is 11.6 Å². The first-order chi connectivity index (χ1) is 7.99. The Morgan fingerprint density at radius 2 is 1.71 bits per heavy atom. The van der Waals surface area contributed by atoms with Crippen LogP contribution in [0.4, 0.5) is 0 Å². The van der Waals surface area contributed by atoms with Gasteiger partial charge in [-0.05, 0) is 38.8 Å². The molecule has 0 saturated carbocycles. The van der Waals surface area contributed by atoms with E-state index in [1.165, 1.54) is 16.7 Å². The molecule has 0 fully saturated rings. The molecule has 0 aliphatic rings. The summed E-state index contributed by atoms with van der Waals surface area (Å²) < 4.78 is 5.25. The van der Waals surface area contributed by atoms with Gasteiger partial charge in [0.15, 0.2) is 5.76 Å². The summed E-state index contributed by atoms with van der Waals surface area (Å²) in [6.07, 6.45) is 0. The third kappa shape index (κ3) is 2.24. The Balaban J connectivity index is 2.52. The zero-order valence-electron chi connectivity index (χ0n) is 10.7. The summed E-state index contributed by atoms with van der Waals surface area (Å²) in [4.78, 5) is 0. The lowest BCUT2D eigenvalue weighted by molar-refractivity contribution is 0.369. The SMILES string of the molecule is Cc1cc(C)c(-c2cc(C(C)N)on2)c(C)c1. The van der Waals surface area contributed by atoms with Crippen LogP contribution in [-0.2, 0) is 0 Å². The molecule has 3 heteroatoms. The molecule has 0 aliphatic heterocycles. The van der Waals surface area contributed by atoms with Crippen molar-refractivity contribution in [2.45, 2.75) is 33.7 Å². The minimum Gasteiger partial charge on any atom is -0.359 e. The second-order valence-corrected chi connectivity index (χ2v) is 4.68. The van der Waals surface area contributed by atoms with Crippen LogP contribution in [0.15, 0.2) is 22.7 Å². The van der Waals surface area contributed by atoms with E-state index in [4.69, 9.17) is 10.3 Å². The normalized spacial score (nSPS) is 12.8. The van der Waals surface area contributed by atoms with E-state index in [1.54, 1.807) is 0 Å². The third-order valence-corrected chi connectivity index (χ3v) is 2.91. The molecule has 1 atom stereocenters. The van der Waals surface area contributed by atoms with Gasteiger partial charge in [0.05, 0.1) is 6.04 Å². The number of benzene rings is 1. The Hall–Kier alpha value is -1.61. The summed E-state index contributed by atoms with van der Waals surface area (Å²) in [5.41, 5.74) is 11.5. The van der Waals surface area contributed by atoms with Crippen molar-refractivity contribution >= 4 is 0 Å². The van der Waals surface area contributed by atoms with Gasteiger partial charge in [0.2, 0.25) is 0 Å². The molecule has 17 heavy (non-hydrogen) atoms. The molecular weight excluding hydrogens is 212 g/mol. The molecule has 2 aromatic rings. The number of aryl methyl sites for hydroxylation is 3. The standard InChI is InChI=1S/C14H18N2O/c1-8-5-9(2)14(10(3)6-8)12-7-13(11(4)15)17-16-12/h5-7,11H,15H2,1-4H3. The monoisotopic (exact) mass is 230 g/mol. The Labute approximate surface area is 102 Å². The topological polar surface area (TPSA) is 52.0 Å². The molecule has 90 valence electrons. The van der Waals surface area contributed by atoms with Gasteiger partial charge in [0.1, 0.15) is 5.69 Å². The van der Waals surface area contributed by atoms with Gasteiger partial charge >= 0.3 is 0 Å². The number of rotatable bonds is 2. The number of aromatic nitrogens is 1. The highest BCUT2D eigenvalue weighted by molar-refractivity contribution is 5.68. The van der Waals surface area contributed by atoms with Crippen molar-refractivity contribution in [3.05, 3.63) is 40.6 Å². The van der Waals surface area contributed by atoms with Crippen molar-refractivity contribution in [2.24, 2.45) is 5.73 Å².